The van der Waals surface area contributed by atoms with Crippen molar-refractivity contribution < 1.29 is 4.79 Å². The largest absolute Gasteiger partial charge is 0.353 e. The zero-order chi connectivity index (χ0) is 18.1. The van der Waals surface area contributed by atoms with Crippen molar-refractivity contribution in [3.05, 3.63) is 33.4 Å². The predicted molar refractivity (Wildman–Crippen MR) is 97.7 cm³/mol. The highest BCUT2D eigenvalue weighted by Gasteiger charge is 2.28. The van der Waals surface area contributed by atoms with E-state index < -0.39 is 0 Å². The van der Waals surface area contributed by atoms with Crippen LogP contribution in [0.1, 0.15) is 56.5 Å². The van der Waals surface area contributed by atoms with Crippen LogP contribution in [-0.2, 0) is 11.2 Å². The van der Waals surface area contributed by atoms with E-state index in [1.54, 1.807) is 4.52 Å². The fraction of sp³-hybridized carbons (Fsp3) is 0.632. The van der Waals surface area contributed by atoms with Crippen LogP contribution in [0.25, 0.3) is 5.65 Å². The lowest BCUT2D eigenvalue weighted by Crippen LogP contribution is -2.43. The standard InChI is InChI=1S/C19H28N4O2/c1-11-6-5-7-16(12(11)2)21-18(24)9-8-15-13(3)20-17-10-19(25)22-23(17)14(15)4/h10-12,16H,5-9H2,1-4H3,(H,21,24)(H,22,25)/t11-,12+,16-/m1/s1. The van der Waals surface area contributed by atoms with Gasteiger partial charge in [0, 0.05) is 29.9 Å². The van der Waals surface area contributed by atoms with Crippen LogP contribution < -0.4 is 10.9 Å². The Morgan fingerprint density at radius 3 is 2.88 bits per heavy atom. The van der Waals surface area contributed by atoms with Crippen molar-refractivity contribution in [2.45, 2.75) is 65.8 Å². The van der Waals surface area contributed by atoms with Crippen molar-refractivity contribution in [2.75, 3.05) is 0 Å². The van der Waals surface area contributed by atoms with Gasteiger partial charge in [0.1, 0.15) is 0 Å². The summed E-state index contributed by atoms with van der Waals surface area (Å²) in [4.78, 5) is 28.4. The number of rotatable bonds is 4. The minimum absolute atomic E-state index is 0.103. The second-order valence-corrected chi connectivity index (χ2v) is 7.52. The van der Waals surface area contributed by atoms with Crippen LogP contribution in [-0.4, -0.2) is 26.5 Å². The fourth-order valence-electron chi connectivity index (χ4n) is 4.02. The van der Waals surface area contributed by atoms with Crippen molar-refractivity contribution in [3.63, 3.8) is 0 Å². The number of hydrogen-bond acceptors (Lipinski definition) is 3. The molecule has 1 fully saturated rings. The van der Waals surface area contributed by atoms with Gasteiger partial charge < -0.3 is 5.32 Å². The Morgan fingerprint density at radius 2 is 2.12 bits per heavy atom. The molecule has 2 aromatic rings. The number of carbonyl (C=O) groups excluding carboxylic acids is 1. The number of H-pyrrole nitrogens is 1. The number of hydrogen-bond donors (Lipinski definition) is 2. The summed E-state index contributed by atoms with van der Waals surface area (Å²) in [7, 11) is 0. The maximum atomic E-state index is 12.4. The van der Waals surface area contributed by atoms with Crippen molar-refractivity contribution in [3.8, 4) is 0 Å². The summed E-state index contributed by atoms with van der Waals surface area (Å²) in [6.07, 6.45) is 4.59. The van der Waals surface area contributed by atoms with Crippen LogP contribution in [0.4, 0.5) is 0 Å². The summed E-state index contributed by atoms with van der Waals surface area (Å²) in [5.41, 5.74) is 3.31. The zero-order valence-electron chi connectivity index (χ0n) is 15.6. The molecule has 1 saturated carbocycles. The third-order valence-electron chi connectivity index (χ3n) is 5.86. The average Bonchev–Trinajstić information content (AvgIpc) is 2.92. The minimum atomic E-state index is -0.162. The van der Waals surface area contributed by atoms with Crippen LogP contribution in [0.5, 0.6) is 0 Å². The van der Waals surface area contributed by atoms with E-state index in [2.05, 4.69) is 29.2 Å². The Balaban J connectivity index is 1.68. The molecule has 0 bridgehead atoms. The highest BCUT2D eigenvalue weighted by molar-refractivity contribution is 5.76. The van der Waals surface area contributed by atoms with Gasteiger partial charge in [0.15, 0.2) is 5.65 Å². The van der Waals surface area contributed by atoms with Crippen LogP contribution >= 0.6 is 0 Å². The summed E-state index contributed by atoms with van der Waals surface area (Å²) in [5.74, 6) is 1.30. The quantitative estimate of drug-likeness (QED) is 0.894. The number of aryl methyl sites for hydroxylation is 2. The van der Waals surface area contributed by atoms with E-state index >= 15 is 0 Å². The van der Waals surface area contributed by atoms with E-state index in [9.17, 15) is 9.59 Å². The molecule has 25 heavy (non-hydrogen) atoms. The van der Waals surface area contributed by atoms with Gasteiger partial charge in [-0.25, -0.2) is 9.50 Å². The van der Waals surface area contributed by atoms with Crippen LogP contribution in [0.15, 0.2) is 10.9 Å². The second-order valence-electron chi connectivity index (χ2n) is 7.52. The molecule has 0 saturated heterocycles. The van der Waals surface area contributed by atoms with E-state index in [0.29, 0.717) is 36.4 Å². The molecule has 2 aromatic heterocycles. The average molecular weight is 344 g/mol. The number of nitrogens with one attached hydrogen (secondary N) is 2. The van der Waals surface area contributed by atoms with Gasteiger partial charge in [-0.15, -0.1) is 0 Å². The molecule has 0 unspecified atom stereocenters. The molecule has 0 aliphatic heterocycles. The highest BCUT2D eigenvalue weighted by Crippen LogP contribution is 2.29. The predicted octanol–water partition coefficient (Wildman–Crippen LogP) is 2.51. The molecule has 1 amide bonds. The van der Waals surface area contributed by atoms with Gasteiger partial charge in [-0.05, 0) is 44.1 Å². The molecule has 1 aliphatic rings. The Morgan fingerprint density at radius 1 is 1.36 bits per heavy atom. The molecule has 3 rings (SSSR count). The van der Waals surface area contributed by atoms with Crippen LogP contribution in [0.3, 0.4) is 0 Å². The number of nitrogens with zero attached hydrogens (tertiary/aromatic N) is 2. The van der Waals surface area contributed by atoms with Gasteiger partial charge in [0.2, 0.25) is 5.91 Å². The molecule has 2 heterocycles. The normalized spacial score (nSPS) is 23.8. The lowest BCUT2D eigenvalue weighted by Gasteiger charge is -2.34. The smallest absolute Gasteiger partial charge is 0.266 e. The maximum absolute atomic E-state index is 12.4. The summed E-state index contributed by atoms with van der Waals surface area (Å²) in [6.45, 7) is 8.40. The summed E-state index contributed by atoms with van der Waals surface area (Å²) >= 11 is 0. The molecule has 2 N–H and O–H groups in total. The molecular weight excluding hydrogens is 316 g/mol. The molecule has 1 aliphatic carbocycles. The number of fused-ring (bicyclic) bond motifs is 1. The first-order valence-corrected chi connectivity index (χ1v) is 9.24. The lowest BCUT2D eigenvalue weighted by atomic mass is 9.78. The van der Waals surface area contributed by atoms with Crippen molar-refractivity contribution >= 4 is 11.6 Å². The molecule has 0 spiro atoms. The topological polar surface area (TPSA) is 79.3 Å². The zero-order valence-corrected chi connectivity index (χ0v) is 15.6. The first kappa shape index (κ1) is 17.7. The van der Waals surface area contributed by atoms with Gasteiger partial charge >= 0.3 is 0 Å². The maximum Gasteiger partial charge on any atom is 0.266 e. The van der Waals surface area contributed by atoms with Crippen LogP contribution in [0.2, 0.25) is 0 Å². The summed E-state index contributed by atoms with van der Waals surface area (Å²) in [6, 6.07) is 1.78. The van der Waals surface area contributed by atoms with Gasteiger partial charge in [-0.1, -0.05) is 26.7 Å². The Kier molecular flexibility index (Phi) is 4.97. The first-order chi connectivity index (χ1) is 11.9. The molecule has 136 valence electrons. The Hall–Kier alpha value is -2.11. The Labute approximate surface area is 148 Å². The lowest BCUT2D eigenvalue weighted by molar-refractivity contribution is -0.122. The van der Waals surface area contributed by atoms with E-state index in [1.807, 2.05) is 13.8 Å². The molecular formula is C19H28N4O2. The van der Waals surface area contributed by atoms with Crippen LogP contribution in [0, 0.1) is 25.7 Å². The SMILES string of the molecule is Cc1nc2cc(=O)[nH]n2c(C)c1CCC(=O)N[C@@H]1CCC[C@@H](C)[C@@H]1C. The highest BCUT2D eigenvalue weighted by atomic mass is 16.1. The second kappa shape index (κ2) is 7.02. The summed E-state index contributed by atoms with van der Waals surface area (Å²) < 4.78 is 1.70. The first-order valence-electron chi connectivity index (χ1n) is 9.24. The number of aromatic nitrogens is 3. The number of carbonyl (C=O) groups is 1. The van der Waals surface area contributed by atoms with E-state index in [4.69, 9.17) is 0 Å². The van der Waals surface area contributed by atoms with Gasteiger partial charge in [0.25, 0.3) is 5.56 Å². The third kappa shape index (κ3) is 3.62. The number of amides is 1. The Bertz CT molecular complexity index is 836. The van der Waals surface area contributed by atoms with Crippen molar-refractivity contribution in [1.29, 1.82) is 0 Å². The molecule has 0 aromatic carbocycles. The molecule has 6 nitrogen and oxygen atoms in total. The van der Waals surface area contributed by atoms with Gasteiger partial charge in [-0.3, -0.25) is 14.7 Å². The molecule has 6 heteroatoms. The van der Waals surface area contributed by atoms with E-state index in [1.165, 1.54) is 18.9 Å². The monoisotopic (exact) mass is 344 g/mol. The molecule has 0 radical (unpaired) electrons. The third-order valence-corrected chi connectivity index (χ3v) is 5.86. The minimum Gasteiger partial charge on any atom is -0.353 e. The molecule has 3 atom stereocenters. The van der Waals surface area contributed by atoms with E-state index in [-0.39, 0.29) is 11.5 Å². The fourth-order valence-corrected chi connectivity index (χ4v) is 4.02. The van der Waals surface area contributed by atoms with Gasteiger partial charge in [-0.2, -0.15) is 0 Å². The summed E-state index contributed by atoms with van der Waals surface area (Å²) in [5, 5.41) is 5.98. The number of aromatic amines is 1. The van der Waals surface area contributed by atoms with Crippen molar-refractivity contribution in [1.82, 2.24) is 19.9 Å². The van der Waals surface area contributed by atoms with E-state index in [0.717, 1.165) is 23.4 Å². The van der Waals surface area contributed by atoms with Crippen molar-refractivity contribution in [2.24, 2.45) is 11.8 Å². The van der Waals surface area contributed by atoms with Gasteiger partial charge in [0.05, 0.1) is 0 Å².